The van der Waals surface area contributed by atoms with Gasteiger partial charge in [-0.2, -0.15) is 26.3 Å². The predicted molar refractivity (Wildman–Crippen MR) is 85.9 cm³/mol. The standard InChI is InChI=1S/C11H5Cl2F6N3OS2/c12-4-1-3(10(14,15)16)2-5(13)6(4)22-9(23)7(8(20-22)21-24)25-11(17,18)19/h1-2,20-21,24H. The molecule has 4 nitrogen and oxygen atoms in total. The van der Waals surface area contributed by atoms with Gasteiger partial charge in [0.25, 0.3) is 5.56 Å². The molecule has 1 aromatic heterocycles. The van der Waals surface area contributed by atoms with Crippen molar-refractivity contribution in [3.05, 3.63) is 38.1 Å². The van der Waals surface area contributed by atoms with E-state index in [1.165, 1.54) is 0 Å². The Balaban J connectivity index is 2.66. The van der Waals surface area contributed by atoms with Crippen molar-refractivity contribution in [1.82, 2.24) is 9.78 Å². The van der Waals surface area contributed by atoms with E-state index in [-0.39, 0.29) is 0 Å². The molecule has 25 heavy (non-hydrogen) atoms. The molecule has 1 aromatic carbocycles. The van der Waals surface area contributed by atoms with Gasteiger partial charge in [0.1, 0.15) is 16.4 Å². The molecular formula is C11H5Cl2F6N3OS2. The maximum atomic E-state index is 12.7. The van der Waals surface area contributed by atoms with Crippen LogP contribution in [0.2, 0.25) is 10.0 Å². The number of H-pyrrole nitrogens is 1. The van der Waals surface area contributed by atoms with Crippen LogP contribution in [0.1, 0.15) is 5.56 Å². The van der Waals surface area contributed by atoms with E-state index in [1.54, 1.807) is 0 Å². The predicted octanol–water partition coefficient (Wildman–Crippen LogP) is 5.36. The summed E-state index contributed by atoms with van der Waals surface area (Å²) in [4.78, 5) is 11.4. The number of alkyl halides is 6. The fourth-order valence-corrected chi connectivity index (χ4v) is 3.31. The number of benzene rings is 1. The van der Waals surface area contributed by atoms with E-state index < -0.39 is 61.0 Å². The molecule has 0 saturated heterocycles. The second-order valence-electron chi connectivity index (χ2n) is 4.40. The Morgan fingerprint density at radius 3 is 2.04 bits per heavy atom. The van der Waals surface area contributed by atoms with E-state index >= 15 is 0 Å². The summed E-state index contributed by atoms with van der Waals surface area (Å²) < 4.78 is 78.4. The zero-order chi connectivity index (χ0) is 19.2. The third kappa shape index (κ3) is 4.36. The highest BCUT2D eigenvalue weighted by atomic mass is 35.5. The average Bonchev–Trinajstić information content (AvgIpc) is 2.73. The largest absolute Gasteiger partial charge is 0.446 e. The molecule has 2 rings (SSSR count). The smallest absolute Gasteiger partial charge is 0.316 e. The number of anilines is 1. The van der Waals surface area contributed by atoms with Crippen molar-refractivity contribution >= 4 is 53.6 Å². The summed E-state index contributed by atoms with van der Waals surface area (Å²) in [6.45, 7) is 0. The number of hydrogen-bond acceptors (Lipinski definition) is 4. The summed E-state index contributed by atoms with van der Waals surface area (Å²) in [7, 11) is 0. The van der Waals surface area contributed by atoms with Gasteiger partial charge in [0.05, 0.1) is 15.6 Å². The molecule has 0 saturated carbocycles. The Hall–Kier alpha value is -1.11. The SMILES string of the molecule is O=c1c(SC(F)(F)F)c(NS)[nH]n1-c1c(Cl)cc(C(F)(F)F)cc1Cl. The first kappa shape index (κ1) is 20.2. The molecule has 138 valence electrons. The molecule has 0 spiro atoms. The van der Waals surface area contributed by atoms with E-state index in [1.807, 2.05) is 0 Å². The molecule has 0 aliphatic rings. The molecule has 2 N–H and O–H groups in total. The number of nitrogens with zero attached hydrogens (tertiary/aromatic N) is 1. The Morgan fingerprint density at radius 2 is 1.64 bits per heavy atom. The van der Waals surface area contributed by atoms with Crippen molar-refractivity contribution in [1.29, 1.82) is 0 Å². The van der Waals surface area contributed by atoms with Gasteiger partial charge >= 0.3 is 11.7 Å². The fourth-order valence-electron chi connectivity index (χ4n) is 1.81. The summed E-state index contributed by atoms with van der Waals surface area (Å²) in [6, 6.07) is 1.00. The van der Waals surface area contributed by atoms with Gasteiger partial charge in [-0.1, -0.05) is 36.0 Å². The van der Waals surface area contributed by atoms with Crippen LogP contribution in [-0.4, -0.2) is 15.3 Å². The minimum Gasteiger partial charge on any atom is -0.316 e. The normalized spacial score (nSPS) is 12.5. The number of hydrogen-bond donors (Lipinski definition) is 3. The quantitative estimate of drug-likeness (QED) is 0.340. The number of nitrogens with one attached hydrogen (secondary N) is 2. The lowest BCUT2D eigenvalue weighted by atomic mass is 10.2. The first-order chi connectivity index (χ1) is 11.3. The van der Waals surface area contributed by atoms with Gasteiger partial charge < -0.3 is 4.72 Å². The van der Waals surface area contributed by atoms with Gasteiger partial charge in [0.15, 0.2) is 0 Å². The van der Waals surface area contributed by atoms with Crippen LogP contribution in [-0.2, 0) is 6.18 Å². The summed E-state index contributed by atoms with van der Waals surface area (Å²) in [6.07, 6.45) is -4.75. The van der Waals surface area contributed by atoms with E-state index in [0.717, 1.165) is 0 Å². The molecule has 14 heteroatoms. The maximum Gasteiger partial charge on any atom is 0.446 e. The zero-order valence-electron chi connectivity index (χ0n) is 11.4. The molecule has 0 aliphatic carbocycles. The molecule has 0 aliphatic heterocycles. The second-order valence-corrected chi connectivity index (χ2v) is 6.52. The van der Waals surface area contributed by atoms with Crippen LogP contribution in [0.4, 0.5) is 32.2 Å². The van der Waals surface area contributed by atoms with Gasteiger partial charge in [-0.15, -0.1) is 0 Å². The van der Waals surface area contributed by atoms with Gasteiger partial charge in [-0.25, -0.2) is 4.68 Å². The van der Waals surface area contributed by atoms with E-state index in [2.05, 4.69) is 22.6 Å². The van der Waals surface area contributed by atoms with Crippen molar-refractivity contribution in [2.45, 2.75) is 16.6 Å². The van der Waals surface area contributed by atoms with Crippen molar-refractivity contribution in [3.63, 3.8) is 0 Å². The molecule has 0 fully saturated rings. The number of halogens is 8. The Kier molecular flexibility index (Phi) is 5.57. The van der Waals surface area contributed by atoms with Crippen molar-refractivity contribution in [3.8, 4) is 5.69 Å². The molecule has 0 bridgehead atoms. The lowest BCUT2D eigenvalue weighted by molar-refractivity contribution is -0.137. The summed E-state index contributed by atoms with van der Waals surface area (Å²) >= 11 is 14.4. The monoisotopic (exact) mass is 443 g/mol. The van der Waals surface area contributed by atoms with Crippen LogP contribution in [0.15, 0.2) is 21.8 Å². The molecule has 1 heterocycles. The third-order valence-corrected chi connectivity index (χ3v) is 4.36. The minimum atomic E-state index is -4.79. The average molecular weight is 444 g/mol. The van der Waals surface area contributed by atoms with Crippen LogP contribution in [0.25, 0.3) is 5.69 Å². The van der Waals surface area contributed by atoms with Gasteiger partial charge in [0.2, 0.25) is 0 Å². The van der Waals surface area contributed by atoms with Crippen LogP contribution >= 0.6 is 47.8 Å². The highest BCUT2D eigenvalue weighted by Gasteiger charge is 2.35. The summed E-state index contributed by atoms with van der Waals surface area (Å²) in [5.41, 5.74) is -7.61. The molecule has 0 radical (unpaired) electrons. The van der Waals surface area contributed by atoms with Gasteiger partial charge in [-0.05, 0) is 23.9 Å². The molecule has 0 atom stereocenters. The highest BCUT2D eigenvalue weighted by Crippen LogP contribution is 2.40. The zero-order valence-corrected chi connectivity index (χ0v) is 14.6. The highest BCUT2D eigenvalue weighted by molar-refractivity contribution is 8.00. The molecule has 2 aromatic rings. The molecule has 0 unspecified atom stereocenters. The lowest BCUT2D eigenvalue weighted by Gasteiger charge is -2.12. The summed E-state index contributed by atoms with van der Waals surface area (Å²) in [5, 5.41) is 1.05. The van der Waals surface area contributed by atoms with E-state index in [9.17, 15) is 31.1 Å². The van der Waals surface area contributed by atoms with Crippen LogP contribution in [0, 0.1) is 0 Å². The van der Waals surface area contributed by atoms with Crippen LogP contribution in [0.3, 0.4) is 0 Å². The Labute approximate surface area is 155 Å². The number of aromatic nitrogens is 2. The first-order valence-electron chi connectivity index (χ1n) is 5.92. The number of aromatic amines is 1. The van der Waals surface area contributed by atoms with Crippen molar-refractivity contribution in [2.75, 3.05) is 4.72 Å². The van der Waals surface area contributed by atoms with E-state index in [4.69, 9.17) is 23.2 Å². The number of thioether (sulfide) groups is 1. The minimum absolute atomic E-state index is 0.428. The maximum absolute atomic E-state index is 12.7. The van der Waals surface area contributed by atoms with Crippen LogP contribution in [0.5, 0.6) is 0 Å². The van der Waals surface area contributed by atoms with Gasteiger partial charge in [-0.3, -0.25) is 9.89 Å². The Morgan fingerprint density at radius 1 is 1.12 bits per heavy atom. The van der Waals surface area contributed by atoms with E-state index in [0.29, 0.717) is 16.8 Å². The van der Waals surface area contributed by atoms with Crippen LogP contribution < -0.4 is 10.3 Å². The summed E-state index contributed by atoms with van der Waals surface area (Å²) in [5.74, 6) is -0.428. The molecular weight excluding hydrogens is 439 g/mol. The topological polar surface area (TPSA) is 49.8 Å². The molecule has 0 amide bonds. The third-order valence-electron chi connectivity index (χ3n) is 2.75. The number of thiol groups is 1. The Bertz CT molecular complexity index is 838. The first-order valence-corrected chi connectivity index (χ1v) is 7.94. The number of rotatable bonds is 3. The van der Waals surface area contributed by atoms with Crippen molar-refractivity contribution in [2.24, 2.45) is 0 Å². The fraction of sp³-hybridized carbons (Fsp3) is 0.182. The van der Waals surface area contributed by atoms with Gasteiger partial charge in [0, 0.05) is 0 Å². The van der Waals surface area contributed by atoms with Crippen molar-refractivity contribution < 1.29 is 26.3 Å². The second kappa shape index (κ2) is 6.89. The lowest BCUT2D eigenvalue weighted by Crippen LogP contribution is -2.18.